The van der Waals surface area contributed by atoms with Crippen molar-refractivity contribution in [3.8, 4) is 5.75 Å². The predicted molar refractivity (Wildman–Crippen MR) is 131 cm³/mol. The van der Waals surface area contributed by atoms with E-state index in [0.717, 1.165) is 37.5 Å². The van der Waals surface area contributed by atoms with Crippen molar-refractivity contribution in [3.63, 3.8) is 0 Å². The summed E-state index contributed by atoms with van der Waals surface area (Å²) in [5.41, 5.74) is 7.59. The molecule has 2 aromatic carbocycles. The number of aliphatic imine (C=N–C) groups is 1. The average Bonchev–Trinajstić information content (AvgIpc) is 3.04. The lowest BCUT2D eigenvalue weighted by Gasteiger charge is -2.39. The molecule has 33 heavy (non-hydrogen) atoms. The topological polar surface area (TPSA) is 92.0 Å². The van der Waals surface area contributed by atoms with Crippen molar-refractivity contribution in [2.75, 3.05) is 13.2 Å². The quantitative estimate of drug-likeness (QED) is 0.404. The number of nitrogens with zero attached hydrogens (tertiary/aromatic N) is 2. The summed E-state index contributed by atoms with van der Waals surface area (Å²) < 4.78 is 5.41. The molecule has 0 spiro atoms. The lowest BCUT2D eigenvalue weighted by molar-refractivity contribution is -0.119. The molecule has 2 fully saturated rings. The molecular formula is C26H35N5O2. The van der Waals surface area contributed by atoms with Crippen LogP contribution in [0.4, 0.5) is 0 Å². The largest absolute Gasteiger partial charge is 0.484 e. The van der Waals surface area contributed by atoms with Crippen molar-refractivity contribution in [3.05, 3.63) is 65.7 Å². The number of hydrogen-bond donors (Lipinski definition) is 3. The van der Waals surface area contributed by atoms with Crippen LogP contribution >= 0.6 is 0 Å². The maximum atomic E-state index is 11.0. The van der Waals surface area contributed by atoms with Crippen LogP contribution in [0.5, 0.6) is 5.75 Å². The fourth-order valence-corrected chi connectivity index (χ4v) is 5.02. The first-order valence-corrected chi connectivity index (χ1v) is 11.9. The third-order valence-electron chi connectivity index (χ3n) is 6.48. The zero-order valence-corrected chi connectivity index (χ0v) is 19.4. The molecule has 2 atom stereocenters. The highest BCUT2D eigenvalue weighted by molar-refractivity contribution is 5.80. The molecule has 176 valence electrons. The van der Waals surface area contributed by atoms with Gasteiger partial charge in [-0.1, -0.05) is 42.5 Å². The Morgan fingerprint density at radius 1 is 1.09 bits per heavy atom. The summed E-state index contributed by atoms with van der Waals surface area (Å²) in [5, 5.41) is 7.08. The van der Waals surface area contributed by atoms with Crippen molar-refractivity contribution < 1.29 is 9.53 Å². The Balaban J connectivity index is 1.34. The number of carbonyl (C=O) groups is 1. The van der Waals surface area contributed by atoms with Gasteiger partial charge in [0.1, 0.15) is 5.75 Å². The standard InChI is InChI=1S/C26H35N5O2/c1-2-28-26(29-16-20-9-6-10-24(13-20)33-18-25(27)32)30-21-14-22-11-12-23(15-21)31(22)17-19-7-4-3-5-8-19/h3-10,13,21-23H,2,11-12,14-18H2,1H3,(H2,27,32)(H2,28,29,30). The molecule has 0 saturated carbocycles. The number of carbonyl (C=O) groups excluding carboxylic acids is 1. The fourth-order valence-electron chi connectivity index (χ4n) is 5.02. The monoisotopic (exact) mass is 449 g/mol. The van der Waals surface area contributed by atoms with E-state index in [2.05, 4.69) is 52.8 Å². The molecular weight excluding hydrogens is 414 g/mol. The van der Waals surface area contributed by atoms with Crippen LogP contribution in [0.15, 0.2) is 59.6 Å². The minimum Gasteiger partial charge on any atom is -0.484 e. The van der Waals surface area contributed by atoms with E-state index in [9.17, 15) is 4.79 Å². The summed E-state index contributed by atoms with van der Waals surface area (Å²) in [6.07, 6.45) is 4.84. The molecule has 2 bridgehead atoms. The van der Waals surface area contributed by atoms with Crippen molar-refractivity contribution in [1.29, 1.82) is 0 Å². The third-order valence-corrected chi connectivity index (χ3v) is 6.48. The van der Waals surface area contributed by atoms with Gasteiger partial charge < -0.3 is 21.1 Å². The number of amides is 1. The molecule has 2 aromatic rings. The number of rotatable bonds is 9. The van der Waals surface area contributed by atoms with E-state index in [0.29, 0.717) is 30.4 Å². The SMILES string of the molecule is CCNC(=NCc1cccc(OCC(N)=O)c1)NC1CC2CCC(C1)N2Cc1ccccc1. The Hall–Kier alpha value is -3.06. The molecule has 2 saturated heterocycles. The second kappa shape index (κ2) is 11.2. The van der Waals surface area contributed by atoms with E-state index in [1.54, 1.807) is 0 Å². The van der Waals surface area contributed by atoms with E-state index < -0.39 is 5.91 Å². The van der Waals surface area contributed by atoms with Gasteiger partial charge in [0.05, 0.1) is 6.54 Å². The molecule has 2 unspecified atom stereocenters. The van der Waals surface area contributed by atoms with Gasteiger partial charge in [-0.2, -0.15) is 0 Å². The van der Waals surface area contributed by atoms with Crippen molar-refractivity contribution in [2.45, 2.75) is 63.8 Å². The van der Waals surface area contributed by atoms with Crippen LogP contribution in [-0.4, -0.2) is 48.0 Å². The third kappa shape index (κ3) is 6.48. The van der Waals surface area contributed by atoms with Crippen molar-refractivity contribution >= 4 is 11.9 Å². The van der Waals surface area contributed by atoms with Crippen LogP contribution < -0.4 is 21.1 Å². The van der Waals surface area contributed by atoms with Gasteiger partial charge in [-0.25, -0.2) is 4.99 Å². The highest BCUT2D eigenvalue weighted by atomic mass is 16.5. The van der Waals surface area contributed by atoms with E-state index in [1.165, 1.54) is 18.4 Å². The summed E-state index contributed by atoms with van der Waals surface area (Å²) in [4.78, 5) is 18.5. The normalized spacial score (nSPS) is 22.7. The van der Waals surface area contributed by atoms with Crippen LogP contribution in [0.25, 0.3) is 0 Å². The molecule has 1 amide bonds. The second-order valence-electron chi connectivity index (χ2n) is 8.95. The molecule has 0 aromatic heterocycles. The van der Waals surface area contributed by atoms with Crippen molar-refractivity contribution in [1.82, 2.24) is 15.5 Å². The zero-order chi connectivity index (χ0) is 23.0. The number of nitrogens with two attached hydrogens (primary N) is 1. The van der Waals surface area contributed by atoms with Crippen LogP contribution in [-0.2, 0) is 17.9 Å². The van der Waals surface area contributed by atoms with Crippen LogP contribution in [0.1, 0.15) is 43.7 Å². The molecule has 4 rings (SSSR count). The van der Waals surface area contributed by atoms with Crippen LogP contribution in [0.3, 0.4) is 0 Å². The van der Waals surface area contributed by atoms with Gasteiger partial charge in [-0.3, -0.25) is 9.69 Å². The molecule has 2 aliphatic rings. The Morgan fingerprint density at radius 2 is 1.82 bits per heavy atom. The van der Waals surface area contributed by atoms with Crippen LogP contribution in [0, 0.1) is 0 Å². The molecule has 0 aliphatic carbocycles. The first-order chi connectivity index (χ1) is 16.1. The maximum Gasteiger partial charge on any atom is 0.255 e. The first-order valence-electron chi connectivity index (χ1n) is 11.9. The molecule has 7 heteroatoms. The van der Waals surface area contributed by atoms with E-state index in [1.807, 2.05) is 24.3 Å². The number of nitrogens with one attached hydrogen (secondary N) is 2. The van der Waals surface area contributed by atoms with E-state index in [4.69, 9.17) is 15.5 Å². The molecule has 2 heterocycles. The van der Waals surface area contributed by atoms with Gasteiger partial charge in [-0.05, 0) is 55.9 Å². The van der Waals surface area contributed by atoms with Gasteiger partial charge in [0.15, 0.2) is 12.6 Å². The Labute approximate surface area is 196 Å². The maximum absolute atomic E-state index is 11.0. The summed E-state index contributed by atoms with van der Waals surface area (Å²) in [6, 6.07) is 20.1. The summed E-state index contributed by atoms with van der Waals surface area (Å²) in [7, 11) is 0. The number of hydrogen-bond acceptors (Lipinski definition) is 4. The highest BCUT2D eigenvalue weighted by Gasteiger charge is 2.40. The average molecular weight is 450 g/mol. The number of ether oxygens (including phenoxy) is 1. The van der Waals surface area contributed by atoms with E-state index in [-0.39, 0.29) is 6.61 Å². The Bertz CT molecular complexity index is 935. The Morgan fingerprint density at radius 3 is 2.52 bits per heavy atom. The van der Waals surface area contributed by atoms with Gasteiger partial charge in [0.2, 0.25) is 0 Å². The number of fused-ring (bicyclic) bond motifs is 2. The molecule has 7 nitrogen and oxygen atoms in total. The van der Waals surface area contributed by atoms with Crippen LogP contribution in [0.2, 0.25) is 0 Å². The highest BCUT2D eigenvalue weighted by Crippen LogP contribution is 2.36. The number of guanidine groups is 1. The second-order valence-corrected chi connectivity index (χ2v) is 8.95. The van der Waals surface area contributed by atoms with Gasteiger partial charge in [0.25, 0.3) is 5.91 Å². The number of primary amides is 1. The summed E-state index contributed by atoms with van der Waals surface area (Å²) in [5.74, 6) is 0.990. The van der Waals surface area contributed by atoms with E-state index >= 15 is 0 Å². The number of benzene rings is 2. The minimum absolute atomic E-state index is 0.123. The zero-order valence-electron chi connectivity index (χ0n) is 19.4. The molecule has 2 aliphatic heterocycles. The fraction of sp³-hybridized carbons (Fsp3) is 0.462. The number of piperidine rings is 1. The molecule has 4 N–H and O–H groups in total. The minimum atomic E-state index is -0.485. The Kier molecular flexibility index (Phi) is 7.83. The summed E-state index contributed by atoms with van der Waals surface area (Å²) in [6.45, 7) is 4.35. The predicted octanol–water partition coefficient (Wildman–Crippen LogP) is 2.80. The van der Waals surface area contributed by atoms with Gasteiger partial charge >= 0.3 is 0 Å². The molecule has 0 radical (unpaired) electrons. The van der Waals surface area contributed by atoms with Gasteiger partial charge in [-0.15, -0.1) is 0 Å². The summed E-state index contributed by atoms with van der Waals surface area (Å²) >= 11 is 0. The lowest BCUT2D eigenvalue weighted by Crippen LogP contribution is -2.52. The first kappa shape index (κ1) is 23.1. The van der Waals surface area contributed by atoms with Gasteiger partial charge in [0, 0.05) is 31.2 Å². The lowest BCUT2D eigenvalue weighted by atomic mass is 9.96. The smallest absolute Gasteiger partial charge is 0.255 e. The van der Waals surface area contributed by atoms with Crippen molar-refractivity contribution in [2.24, 2.45) is 10.7 Å².